The summed E-state index contributed by atoms with van der Waals surface area (Å²) in [5, 5.41) is 0. The Morgan fingerprint density at radius 3 is 2.83 bits per heavy atom. The minimum absolute atomic E-state index is 0.472. The number of fused-ring (bicyclic) bond motifs is 5. The molecule has 0 N–H and O–H groups in total. The van der Waals surface area contributed by atoms with E-state index in [1.165, 1.54) is 32.1 Å². The summed E-state index contributed by atoms with van der Waals surface area (Å²) >= 11 is 0. The Morgan fingerprint density at radius 1 is 1.26 bits per heavy atom. The molecule has 23 heavy (non-hydrogen) atoms. The fourth-order valence-electron chi connectivity index (χ4n) is 6.51. The largest absolute Gasteiger partial charge is 0.497 e. The molecule has 4 rings (SSSR count). The smallest absolute Gasteiger partial charge is 0.119 e. The van der Waals surface area contributed by atoms with E-state index in [1.54, 1.807) is 23.8 Å². The maximum Gasteiger partial charge on any atom is 0.119 e. The van der Waals surface area contributed by atoms with Crippen molar-refractivity contribution in [3.63, 3.8) is 0 Å². The lowest BCUT2D eigenvalue weighted by Gasteiger charge is -2.50. The molecule has 0 radical (unpaired) electrons. The minimum Gasteiger partial charge on any atom is -0.497 e. The first-order chi connectivity index (χ1) is 11.1. The van der Waals surface area contributed by atoms with Crippen LogP contribution in [0.2, 0.25) is 0 Å². The Balaban J connectivity index is 1.72. The van der Waals surface area contributed by atoms with E-state index >= 15 is 0 Å². The van der Waals surface area contributed by atoms with Crippen LogP contribution >= 0.6 is 0 Å². The van der Waals surface area contributed by atoms with Gasteiger partial charge in [0, 0.05) is 0 Å². The number of benzene rings is 1. The second-order valence-electron chi connectivity index (χ2n) is 8.35. The summed E-state index contributed by atoms with van der Waals surface area (Å²) in [6, 6.07) is 6.82. The molecule has 1 heteroatoms. The second-order valence-corrected chi connectivity index (χ2v) is 8.35. The molecule has 1 aromatic carbocycles. The third-order valence-electron chi connectivity index (χ3n) is 7.42. The van der Waals surface area contributed by atoms with Crippen LogP contribution in [0.3, 0.4) is 0 Å². The summed E-state index contributed by atoms with van der Waals surface area (Å²) in [4.78, 5) is 0. The normalized spacial score (nSPS) is 40.4. The number of hydrogen-bond donors (Lipinski definition) is 0. The summed E-state index contributed by atoms with van der Waals surface area (Å²) in [7, 11) is 1.78. The van der Waals surface area contributed by atoms with E-state index in [9.17, 15) is 0 Å². The SMILES string of the molecule is CC=C1C[C@@H](C)[C@H]2[C@@H]3CCc4cc(OC)ccc4[C@H]3CC[C@]12C. The predicted molar refractivity (Wildman–Crippen MR) is 95.9 cm³/mol. The van der Waals surface area contributed by atoms with E-state index in [2.05, 4.69) is 45.0 Å². The van der Waals surface area contributed by atoms with Gasteiger partial charge in [-0.3, -0.25) is 0 Å². The van der Waals surface area contributed by atoms with Gasteiger partial charge in [0.1, 0.15) is 5.75 Å². The number of allylic oxidation sites excluding steroid dienone is 2. The molecule has 0 heterocycles. The first-order valence-electron chi connectivity index (χ1n) is 9.41. The fraction of sp³-hybridized carbons (Fsp3) is 0.636. The van der Waals surface area contributed by atoms with Crippen LogP contribution in [0, 0.1) is 23.2 Å². The summed E-state index contributed by atoms with van der Waals surface area (Å²) in [6.45, 7) is 7.33. The number of aryl methyl sites for hydroxylation is 1. The topological polar surface area (TPSA) is 9.23 Å². The van der Waals surface area contributed by atoms with Crippen molar-refractivity contribution in [2.75, 3.05) is 7.11 Å². The van der Waals surface area contributed by atoms with Crippen molar-refractivity contribution >= 4 is 0 Å². The molecule has 1 nitrogen and oxygen atoms in total. The van der Waals surface area contributed by atoms with E-state index in [-0.39, 0.29) is 0 Å². The van der Waals surface area contributed by atoms with E-state index in [4.69, 9.17) is 4.74 Å². The van der Waals surface area contributed by atoms with Gasteiger partial charge in [0.25, 0.3) is 0 Å². The Morgan fingerprint density at radius 2 is 2.09 bits per heavy atom. The Labute approximate surface area is 141 Å². The highest BCUT2D eigenvalue weighted by Gasteiger charge is 2.54. The second kappa shape index (κ2) is 5.40. The van der Waals surface area contributed by atoms with Gasteiger partial charge in [0.15, 0.2) is 0 Å². The van der Waals surface area contributed by atoms with Crippen molar-refractivity contribution < 1.29 is 4.74 Å². The quantitative estimate of drug-likeness (QED) is 0.601. The zero-order chi connectivity index (χ0) is 16.2. The van der Waals surface area contributed by atoms with Crippen LogP contribution in [-0.4, -0.2) is 7.11 Å². The van der Waals surface area contributed by atoms with Crippen molar-refractivity contribution in [3.05, 3.63) is 41.0 Å². The molecular formula is C22H30O. The van der Waals surface area contributed by atoms with Gasteiger partial charge >= 0.3 is 0 Å². The highest BCUT2D eigenvalue weighted by atomic mass is 16.5. The highest BCUT2D eigenvalue weighted by Crippen LogP contribution is 2.64. The first-order valence-corrected chi connectivity index (χ1v) is 9.41. The molecule has 0 spiro atoms. The van der Waals surface area contributed by atoms with Crippen LogP contribution in [0.1, 0.15) is 63.5 Å². The molecule has 3 aliphatic rings. The third kappa shape index (κ3) is 2.12. The van der Waals surface area contributed by atoms with Crippen molar-refractivity contribution in [1.29, 1.82) is 0 Å². The third-order valence-corrected chi connectivity index (χ3v) is 7.42. The van der Waals surface area contributed by atoms with Gasteiger partial charge in [0.2, 0.25) is 0 Å². The summed E-state index contributed by atoms with van der Waals surface area (Å²) in [5.74, 6) is 4.40. The van der Waals surface area contributed by atoms with E-state index in [1.807, 2.05) is 0 Å². The number of hydrogen-bond acceptors (Lipinski definition) is 1. The van der Waals surface area contributed by atoms with Crippen LogP contribution in [0.4, 0.5) is 0 Å². The molecule has 0 amide bonds. The monoisotopic (exact) mass is 310 g/mol. The van der Waals surface area contributed by atoms with Gasteiger partial charge in [-0.25, -0.2) is 0 Å². The fourth-order valence-corrected chi connectivity index (χ4v) is 6.51. The molecule has 0 saturated heterocycles. The molecule has 5 atom stereocenters. The van der Waals surface area contributed by atoms with E-state index in [0.29, 0.717) is 5.41 Å². The molecule has 0 aromatic heterocycles. The number of methoxy groups -OCH3 is 1. The maximum atomic E-state index is 5.44. The molecule has 124 valence electrons. The minimum atomic E-state index is 0.472. The maximum absolute atomic E-state index is 5.44. The van der Waals surface area contributed by atoms with Crippen LogP contribution in [0.5, 0.6) is 5.75 Å². The van der Waals surface area contributed by atoms with Gasteiger partial charge in [-0.2, -0.15) is 0 Å². The summed E-state index contributed by atoms with van der Waals surface area (Å²) < 4.78 is 5.44. The molecule has 0 bridgehead atoms. The van der Waals surface area contributed by atoms with Crippen molar-refractivity contribution in [3.8, 4) is 5.75 Å². The lowest BCUT2D eigenvalue weighted by molar-refractivity contribution is 0.0553. The van der Waals surface area contributed by atoms with Gasteiger partial charge < -0.3 is 4.74 Å². The molecule has 0 unspecified atom stereocenters. The average molecular weight is 310 g/mol. The molecule has 0 aliphatic heterocycles. The lowest BCUT2D eigenvalue weighted by Crippen LogP contribution is -2.42. The van der Waals surface area contributed by atoms with Crippen molar-refractivity contribution in [2.45, 2.75) is 58.8 Å². The molecule has 2 fully saturated rings. The van der Waals surface area contributed by atoms with Gasteiger partial charge in [0.05, 0.1) is 7.11 Å². The predicted octanol–water partition coefficient (Wildman–Crippen LogP) is 5.74. The van der Waals surface area contributed by atoms with Crippen molar-refractivity contribution in [2.24, 2.45) is 23.2 Å². The summed E-state index contributed by atoms with van der Waals surface area (Å²) in [5.41, 5.74) is 5.39. The first kappa shape index (κ1) is 15.3. The summed E-state index contributed by atoms with van der Waals surface area (Å²) in [6.07, 6.45) is 9.09. The Hall–Kier alpha value is -1.24. The number of ether oxygens (including phenoxy) is 1. The Bertz CT molecular complexity index is 643. The average Bonchev–Trinajstić information content (AvgIpc) is 2.84. The molecule has 1 aromatic rings. The standard InChI is InChI=1S/C22H30O/c1-5-16-12-14(2)21-20-8-6-15-13-17(23-4)7-9-18(15)19(20)10-11-22(16,21)3/h5,7,9,13-14,19-21H,6,8,10-12H2,1-4H3/t14-,19-,20-,21+,22-/m1/s1. The molecule has 3 aliphatic carbocycles. The van der Waals surface area contributed by atoms with Gasteiger partial charge in [-0.05, 0) is 91.4 Å². The van der Waals surface area contributed by atoms with Crippen LogP contribution in [0.25, 0.3) is 0 Å². The van der Waals surface area contributed by atoms with Crippen LogP contribution in [0.15, 0.2) is 29.8 Å². The zero-order valence-electron chi connectivity index (χ0n) is 15.1. The molecule has 2 saturated carbocycles. The lowest BCUT2D eigenvalue weighted by atomic mass is 9.54. The van der Waals surface area contributed by atoms with Gasteiger partial charge in [-0.1, -0.05) is 31.6 Å². The molecular weight excluding hydrogens is 280 g/mol. The zero-order valence-corrected chi connectivity index (χ0v) is 15.1. The van der Waals surface area contributed by atoms with Crippen LogP contribution < -0.4 is 4.74 Å². The van der Waals surface area contributed by atoms with E-state index in [0.717, 1.165) is 29.4 Å². The van der Waals surface area contributed by atoms with Crippen LogP contribution in [-0.2, 0) is 6.42 Å². The van der Waals surface area contributed by atoms with Crippen molar-refractivity contribution in [1.82, 2.24) is 0 Å². The Kier molecular flexibility index (Phi) is 3.59. The number of rotatable bonds is 1. The van der Waals surface area contributed by atoms with Gasteiger partial charge in [-0.15, -0.1) is 0 Å². The van der Waals surface area contributed by atoms with E-state index < -0.39 is 0 Å². The highest BCUT2D eigenvalue weighted by molar-refractivity contribution is 5.41.